The first kappa shape index (κ1) is 31.6. The molecule has 9 heteroatoms. The number of hydrogen-bond acceptors (Lipinski definition) is 9. The molecular formula is C33H42O9. The molecule has 0 amide bonds. The quantitative estimate of drug-likeness (QED) is 0.229. The van der Waals surface area contributed by atoms with Crippen LogP contribution in [0.15, 0.2) is 47.6 Å². The van der Waals surface area contributed by atoms with Gasteiger partial charge in [0.25, 0.3) is 0 Å². The van der Waals surface area contributed by atoms with Gasteiger partial charge in [-0.3, -0.25) is 14.4 Å². The molecule has 0 heterocycles. The van der Waals surface area contributed by atoms with E-state index in [9.17, 15) is 29.4 Å². The number of aliphatic hydroxyl groups excluding tert-OH is 2. The first-order chi connectivity index (χ1) is 19.6. The van der Waals surface area contributed by atoms with E-state index in [0.717, 1.165) is 5.56 Å². The van der Waals surface area contributed by atoms with Crippen LogP contribution >= 0.6 is 0 Å². The second-order valence-electron chi connectivity index (χ2n) is 12.8. The van der Waals surface area contributed by atoms with Crippen molar-refractivity contribution < 1.29 is 43.6 Å². The Morgan fingerprint density at radius 1 is 0.905 bits per heavy atom. The molecule has 42 heavy (non-hydrogen) atoms. The zero-order valence-corrected chi connectivity index (χ0v) is 25.2. The first-order valence-electron chi connectivity index (χ1n) is 14.5. The van der Waals surface area contributed by atoms with E-state index >= 15 is 0 Å². The van der Waals surface area contributed by atoms with Crippen LogP contribution in [0.5, 0.6) is 0 Å². The fourth-order valence-corrected chi connectivity index (χ4v) is 7.40. The van der Waals surface area contributed by atoms with Crippen LogP contribution in [0.25, 0.3) is 6.08 Å². The van der Waals surface area contributed by atoms with Gasteiger partial charge in [-0.15, -0.1) is 0 Å². The molecule has 8 atom stereocenters. The number of ether oxygens (including phenoxy) is 3. The lowest BCUT2D eigenvalue weighted by molar-refractivity contribution is -0.176. The van der Waals surface area contributed by atoms with E-state index in [0.29, 0.717) is 17.6 Å². The highest BCUT2D eigenvalue weighted by molar-refractivity contribution is 5.92. The summed E-state index contributed by atoms with van der Waals surface area (Å²) in [6, 6.07) is 9.27. The molecule has 0 aliphatic heterocycles. The minimum atomic E-state index is -1.58. The van der Waals surface area contributed by atoms with Gasteiger partial charge in [-0.1, -0.05) is 51.1 Å². The molecule has 2 N–H and O–H groups in total. The van der Waals surface area contributed by atoms with E-state index in [2.05, 4.69) is 0 Å². The Kier molecular flexibility index (Phi) is 9.14. The predicted molar refractivity (Wildman–Crippen MR) is 154 cm³/mol. The fraction of sp³-hybridized carbons (Fsp3) is 0.576. The zero-order chi connectivity index (χ0) is 31.0. The maximum atomic E-state index is 14.1. The summed E-state index contributed by atoms with van der Waals surface area (Å²) in [6.07, 6.45) is -1.36. The lowest BCUT2D eigenvalue weighted by Gasteiger charge is -2.53. The fourth-order valence-electron chi connectivity index (χ4n) is 7.40. The van der Waals surface area contributed by atoms with E-state index in [1.807, 2.05) is 44.2 Å². The molecule has 1 unspecified atom stereocenters. The van der Waals surface area contributed by atoms with Crippen molar-refractivity contribution in [2.75, 3.05) is 0 Å². The highest BCUT2D eigenvalue weighted by atomic mass is 16.6. The first-order valence-corrected chi connectivity index (χ1v) is 14.5. The highest BCUT2D eigenvalue weighted by Crippen LogP contribution is 2.54. The molecular weight excluding hydrogens is 540 g/mol. The maximum Gasteiger partial charge on any atom is 0.331 e. The molecule has 3 aliphatic rings. The summed E-state index contributed by atoms with van der Waals surface area (Å²) < 4.78 is 17.4. The third-order valence-corrected chi connectivity index (χ3v) is 9.57. The summed E-state index contributed by atoms with van der Waals surface area (Å²) in [5.41, 5.74) is -0.387. The monoisotopic (exact) mass is 582 g/mol. The molecule has 3 aliphatic carbocycles. The molecule has 2 saturated carbocycles. The van der Waals surface area contributed by atoms with Crippen LogP contribution in [0.4, 0.5) is 0 Å². The molecule has 4 bridgehead atoms. The number of ketones is 1. The van der Waals surface area contributed by atoms with Gasteiger partial charge in [0.1, 0.15) is 24.4 Å². The number of benzene rings is 1. The third-order valence-electron chi connectivity index (χ3n) is 9.57. The normalized spacial score (nSPS) is 34.5. The van der Waals surface area contributed by atoms with E-state index in [-0.39, 0.29) is 19.3 Å². The number of esters is 3. The molecule has 0 radical (unpaired) electrons. The van der Waals surface area contributed by atoms with Gasteiger partial charge < -0.3 is 24.4 Å². The summed E-state index contributed by atoms with van der Waals surface area (Å²) >= 11 is 0. The second-order valence-corrected chi connectivity index (χ2v) is 12.8. The Morgan fingerprint density at radius 3 is 2.17 bits per heavy atom. The topological polar surface area (TPSA) is 136 Å². The number of hydrogen-bond donors (Lipinski definition) is 2. The second kappa shape index (κ2) is 12.1. The van der Waals surface area contributed by atoms with Crippen molar-refractivity contribution in [1.82, 2.24) is 0 Å². The van der Waals surface area contributed by atoms with E-state index in [1.54, 1.807) is 19.9 Å². The number of carbonyl (C=O) groups excluding carboxylic acids is 4. The number of carbonyl (C=O) groups is 4. The van der Waals surface area contributed by atoms with Crippen LogP contribution < -0.4 is 0 Å². The van der Waals surface area contributed by atoms with E-state index < -0.39 is 76.9 Å². The van der Waals surface area contributed by atoms with Gasteiger partial charge in [0.2, 0.25) is 0 Å². The molecule has 0 aromatic heterocycles. The minimum Gasteiger partial charge on any atom is -0.462 e. The van der Waals surface area contributed by atoms with Crippen LogP contribution in [0, 0.1) is 22.7 Å². The largest absolute Gasteiger partial charge is 0.462 e. The van der Waals surface area contributed by atoms with Crippen molar-refractivity contribution >= 4 is 29.8 Å². The smallest absolute Gasteiger partial charge is 0.331 e. The van der Waals surface area contributed by atoms with Crippen LogP contribution in [-0.4, -0.2) is 64.4 Å². The number of Topliss-reactive ketones (excluding diaryl/α,β-unsaturated/α-hetero) is 1. The van der Waals surface area contributed by atoms with Crippen molar-refractivity contribution in [1.29, 1.82) is 0 Å². The molecule has 1 aromatic carbocycles. The van der Waals surface area contributed by atoms with Crippen molar-refractivity contribution in [2.45, 2.75) is 97.7 Å². The third kappa shape index (κ3) is 6.22. The van der Waals surface area contributed by atoms with E-state index in [4.69, 9.17) is 14.2 Å². The standard InChI is InChI=1S/C33H42O9/c1-18-24(40-19(2)34)15-23-26(41-20(3)35)14-22-17-33(6,31(39)30(38)29(18)32(23,4)5)27(36)16-25(22)42-28(37)13-12-21-10-8-7-9-11-21/h7-13,22-27,30,36,38H,14-17H2,1-6H3/b13-12+/t22?,23-,24-,25-,26-,27-,30+,33-/m0/s1. The Morgan fingerprint density at radius 2 is 1.55 bits per heavy atom. The van der Waals surface area contributed by atoms with Crippen molar-refractivity contribution in [3.63, 3.8) is 0 Å². The lowest BCUT2D eigenvalue weighted by atomic mass is 9.55. The number of fused-ring (bicyclic) bond motifs is 4. The van der Waals surface area contributed by atoms with E-state index in [1.165, 1.54) is 19.9 Å². The van der Waals surface area contributed by atoms with Crippen molar-refractivity contribution in [3.8, 4) is 0 Å². The molecule has 0 spiro atoms. The summed E-state index contributed by atoms with van der Waals surface area (Å²) in [4.78, 5) is 51.4. The molecule has 4 rings (SSSR count). The van der Waals surface area contributed by atoms with Gasteiger partial charge in [0.15, 0.2) is 5.78 Å². The van der Waals surface area contributed by atoms with Gasteiger partial charge in [0, 0.05) is 38.2 Å². The Labute approximate surface area is 246 Å². The molecule has 0 saturated heterocycles. The van der Waals surface area contributed by atoms with Crippen molar-refractivity contribution in [3.05, 3.63) is 53.1 Å². The summed E-state index contributed by atoms with van der Waals surface area (Å²) in [5.74, 6) is -3.05. The van der Waals surface area contributed by atoms with Gasteiger partial charge in [-0.25, -0.2) is 4.79 Å². The Balaban J connectivity index is 1.76. The molecule has 1 aromatic rings. The number of aliphatic hydroxyl groups is 2. The van der Waals surface area contributed by atoms with Gasteiger partial charge in [0.05, 0.1) is 11.5 Å². The number of rotatable bonds is 5. The average Bonchev–Trinajstić information content (AvgIpc) is 2.90. The molecule has 2 fully saturated rings. The summed E-state index contributed by atoms with van der Waals surface area (Å²) in [6.45, 7) is 9.75. The Bertz CT molecular complexity index is 1280. The van der Waals surface area contributed by atoms with Crippen molar-refractivity contribution in [2.24, 2.45) is 22.7 Å². The zero-order valence-electron chi connectivity index (χ0n) is 25.2. The lowest BCUT2D eigenvalue weighted by Crippen LogP contribution is -2.58. The average molecular weight is 583 g/mol. The Hall–Kier alpha value is -3.30. The van der Waals surface area contributed by atoms with Crippen LogP contribution in [0.1, 0.15) is 72.8 Å². The maximum absolute atomic E-state index is 14.1. The molecule has 228 valence electrons. The van der Waals surface area contributed by atoms with Gasteiger partial charge >= 0.3 is 17.9 Å². The van der Waals surface area contributed by atoms with Crippen LogP contribution in [0.3, 0.4) is 0 Å². The summed E-state index contributed by atoms with van der Waals surface area (Å²) in [5, 5.41) is 23.0. The SMILES string of the molecule is CC(=O)O[C@H]1C[C@H]2[C@@H](OC(C)=O)CC3C[C@](C)(C(=O)[C@H](O)C(=C1C)C2(C)C)[C@@H](O)C[C@@H]3OC(=O)/C=C/c1ccccc1. The van der Waals surface area contributed by atoms with Gasteiger partial charge in [-0.2, -0.15) is 0 Å². The van der Waals surface area contributed by atoms with Gasteiger partial charge in [-0.05, 0) is 54.4 Å². The minimum absolute atomic E-state index is 0.0144. The predicted octanol–water partition coefficient (Wildman–Crippen LogP) is 3.95. The summed E-state index contributed by atoms with van der Waals surface area (Å²) in [7, 11) is 0. The van der Waals surface area contributed by atoms with Crippen LogP contribution in [-0.2, 0) is 33.4 Å². The van der Waals surface area contributed by atoms with Crippen LogP contribution in [0.2, 0.25) is 0 Å². The molecule has 9 nitrogen and oxygen atoms in total. The highest BCUT2D eigenvalue weighted by Gasteiger charge is 2.58.